The molecule has 0 saturated carbocycles. The Morgan fingerprint density at radius 1 is 1.25 bits per heavy atom. The predicted octanol–water partition coefficient (Wildman–Crippen LogP) is 2.95. The number of carbonyl (C=O) groups excluding carboxylic acids is 1. The second-order valence-corrected chi connectivity index (χ2v) is 6.65. The van der Waals surface area contributed by atoms with Crippen LogP contribution in [-0.2, 0) is 17.5 Å². The number of pyridine rings is 1. The molecule has 2 heterocycles. The normalized spacial score (nSPS) is 12.0. The number of guanidine groups is 1. The Kier molecular flexibility index (Phi) is 7.73. The van der Waals surface area contributed by atoms with E-state index < -0.39 is 11.9 Å². The number of aryl methyl sites for hydroxylation is 1. The summed E-state index contributed by atoms with van der Waals surface area (Å²) in [5, 5.41) is 9.86. The van der Waals surface area contributed by atoms with Gasteiger partial charge in [-0.05, 0) is 26.0 Å². The smallest absolute Gasteiger partial charge is 0.357 e. The summed E-state index contributed by atoms with van der Waals surface area (Å²) in [4.78, 5) is 23.9. The third-order valence-corrected chi connectivity index (χ3v) is 4.19. The first-order valence-electron chi connectivity index (χ1n) is 8.55. The van der Waals surface area contributed by atoms with E-state index in [4.69, 9.17) is 0 Å². The van der Waals surface area contributed by atoms with E-state index in [9.17, 15) is 18.0 Å². The molecule has 0 aliphatic heterocycles. The fourth-order valence-corrected chi connectivity index (χ4v) is 2.84. The van der Waals surface area contributed by atoms with E-state index >= 15 is 0 Å². The van der Waals surface area contributed by atoms with Crippen LogP contribution in [0.5, 0.6) is 0 Å². The molecule has 0 bridgehead atoms. The van der Waals surface area contributed by atoms with Crippen molar-refractivity contribution in [3.8, 4) is 0 Å². The van der Waals surface area contributed by atoms with Gasteiger partial charge in [0.2, 0.25) is 5.91 Å². The molecular formula is C17H21F3N6OS. The van der Waals surface area contributed by atoms with Gasteiger partial charge in [-0.2, -0.15) is 13.2 Å². The topological polar surface area (TPSA) is 91.3 Å². The van der Waals surface area contributed by atoms with Gasteiger partial charge in [0.25, 0.3) is 0 Å². The second-order valence-electron chi connectivity index (χ2n) is 5.71. The maximum Gasteiger partial charge on any atom is 0.434 e. The van der Waals surface area contributed by atoms with Crippen LogP contribution in [0.2, 0.25) is 0 Å². The number of nitrogens with one attached hydrogen (secondary N) is 3. The number of nitrogens with zero attached hydrogens (tertiary/aromatic N) is 3. The molecule has 0 unspecified atom stereocenters. The molecule has 152 valence electrons. The number of anilines is 1. The molecule has 0 fully saturated rings. The van der Waals surface area contributed by atoms with Gasteiger partial charge in [-0.1, -0.05) is 6.07 Å². The first-order valence-corrected chi connectivity index (χ1v) is 9.43. The highest BCUT2D eigenvalue weighted by Gasteiger charge is 2.33. The standard InChI is InChI=1S/C17H21F3N6OS/c1-3-21-16(23-9-15-25-12(10-28-15)17(18,19)20)22-8-7-14(27)26-13-6-4-5-11(2)24-13/h4-6,10H,3,7-9H2,1-2H3,(H2,21,22,23)(H,24,26,27). The van der Waals surface area contributed by atoms with Gasteiger partial charge in [-0.25, -0.2) is 15.0 Å². The quantitative estimate of drug-likeness (QED) is 0.479. The van der Waals surface area contributed by atoms with Crippen LogP contribution in [0.25, 0.3) is 0 Å². The molecule has 0 spiro atoms. The van der Waals surface area contributed by atoms with Gasteiger partial charge in [-0.15, -0.1) is 11.3 Å². The van der Waals surface area contributed by atoms with Crippen molar-refractivity contribution in [3.05, 3.63) is 40.0 Å². The minimum Gasteiger partial charge on any atom is -0.357 e. The Bertz CT molecular complexity index is 821. The second kappa shape index (κ2) is 10.0. The first-order chi connectivity index (χ1) is 13.3. The van der Waals surface area contributed by atoms with Gasteiger partial charge in [-0.3, -0.25) is 4.79 Å². The molecule has 0 aromatic carbocycles. The van der Waals surface area contributed by atoms with Gasteiger partial charge in [0.05, 0.1) is 6.54 Å². The van der Waals surface area contributed by atoms with Crippen molar-refractivity contribution in [1.82, 2.24) is 20.6 Å². The molecular weight excluding hydrogens is 393 g/mol. The van der Waals surface area contributed by atoms with Crippen molar-refractivity contribution in [1.29, 1.82) is 0 Å². The summed E-state index contributed by atoms with van der Waals surface area (Å²) >= 11 is 0.903. The summed E-state index contributed by atoms with van der Waals surface area (Å²) in [5.74, 6) is 0.666. The molecule has 2 aromatic heterocycles. The zero-order valence-corrected chi connectivity index (χ0v) is 16.2. The SMILES string of the molecule is CCNC(=NCc1nc(C(F)(F)F)cs1)NCCC(=O)Nc1cccc(C)n1. The van der Waals surface area contributed by atoms with Gasteiger partial charge in [0.1, 0.15) is 10.8 Å². The Morgan fingerprint density at radius 2 is 2.04 bits per heavy atom. The highest BCUT2D eigenvalue weighted by Crippen LogP contribution is 2.30. The van der Waals surface area contributed by atoms with Crippen molar-refractivity contribution < 1.29 is 18.0 Å². The van der Waals surface area contributed by atoms with Crippen LogP contribution in [-0.4, -0.2) is 34.9 Å². The summed E-state index contributed by atoms with van der Waals surface area (Å²) in [6, 6.07) is 5.33. The van der Waals surface area contributed by atoms with E-state index in [1.54, 1.807) is 12.1 Å². The largest absolute Gasteiger partial charge is 0.434 e. The Labute approximate surface area is 164 Å². The zero-order valence-electron chi connectivity index (χ0n) is 15.4. The lowest BCUT2D eigenvalue weighted by molar-refractivity contribution is -0.140. The van der Waals surface area contributed by atoms with Crippen LogP contribution >= 0.6 is 11.3 Å². The number of rotatable bonds is 7. The number of amides is 1. The number of hydrogen-bond acceptors (Lipinski definition) is 5. The Morgan fingerprint density at radius 3 is 2.68 bits per heavy atom. The molecule has 2 rings (SSSR count). The molecule has 0 radical (unpaired) electrons. The maximum absolute atomic E-state index is 12.6. The fraction of sp³-hybridized carbons (Fsp3) is 0.412. The van der Waals surface area contributed by atoms with Crippen LogP contribution in [0.15, 0.2) is 28.6 Å². The van der Waals surface area contributed by atoms with Gasteiger partial charge in [0, 0.05) is 30.6 Å². The monoisotopic (exact) mass is 414 g/mol. The van der Waals surface area contributed by atoms with Gasteiger partial charge < -0.3 is 16.0 Å². The number of aliphatic imine (C=N–C) groups is 1. The molecule has 11 heteroatoms. The van der Waals surface area contributed by atoms with Crippen LogP contribution in [0.4, 0.5) is 19.0 Å². The minimum absolute atomic E-state index is 0.00941. The minimum atomic E-state index is -4.46. The van der Waals surface area contributed by atoms with Gasteiger partial charge >= 0.3 is 6.18 Å². The lowest BCUT2D eigenvalue weighted by Gasteiger charge is -2.11. The number of halogens is 3. The average molecular weight is 414 g/mol. The van der Waals surface area contributed by atoms with Crippen molar-refractivity contribution in [3.63, 3.8) is 0 Å². The predicted molar refractivity (Wildman–Crippen MR) is 102 cm³/mol. The van der Waals surface area contributed by atoms with E-state index in [-0.39, 0.29) is 23.9 Å². The Balaban J connectivity index is 1.84. The van der Waals surface area contributed by atoms with Crippen molar-refractivity contribution >= 4 is 29.0 Å². The highest BCUT2D eigenvalue weighted by atomic mass is 32.1. The molecule has 28 heavy (non-hydrogen) atoms. The lowest BCUT2D eigenvalue weighted by Crippen LogP contribution is -2.38. The molecule has 0 aliphatic rings. The van der Waals surface area contributed by atoms with Crippen LogP contribution in [0.3, 0.4) is 0 Å². The van der Waals surface area contributed by atoms with Crippen molar-refractivity contribution in [2.75, 3.05) is 18.4 Å². The van der Waals surface area contributed by atoms with Crippen LogP contribution in [0, 0.1) is 6.92 Å². The third-order valence-electron chi connectivity index (χ3n) is 3.36. The molecule has 0 atom stereocenters. The molecule has 2 aromatic rings. The third kappa shape index (κ3) is 7.14. The van der Waals surface area contributed by atoms with E-state index in [1.807, 2.05) is 19.9 Å². The average Bonchev–Trinajstić information content (AvgIpc) is 3.09. The summed E-state index contributed by atoms with van der Waals surface area (Å²) in [5.41, 5.74) is -0.115. The molecule has 3 N–H and O–H groups in total. The summed E-state index contributed by atoms with van der Waals surface area (Å²) in [6.45, 7) is 4.57. The number of alkyl halides is 3. The fourth-order valence-electron chi connectivity index (χ4n) is 2.11. The molecule has 1 amide bonds. The Hall–Kier alpha value is -2.69. The van der Waals surface area contributed by atoms with Gasteiger partial charge in [0.15, 0.2) is 11.7 Å². The first kappa shape index (κ1) is 21.6. The number of carbonyl (C=O) groups is 1. The van der Waals surface area contributed by atoms with Crippen LogP contribution < -0.4 is 16.0 Å². The van der Waals surface area contributed by atoms with E-state index in [1.165, 1.54) is 0 Å². The molecule has 0 saturated heterocycles. The number of hydrogen-bond donors (Lipinski definition) is 3. The van der Waals surface area contributed by atoms with E-state index in [0.717, 1.165) is 22.4 Å². The molecule has 7 nitrogen and oxygen atoms in total. The lowest BCUT2D eigenvalue weighted by atomic mass is 10.3. The van der Waals surface area contributed by atoms with Crippen molar-refractivity contribution in [2.45, 2.75) is 33.0 Å². The zero-order chi connectivity index (χ0) is 20.6. The van der Waals surface area contributed by atoms with E-state index in [0.29, 0.717) is 24.9 Å². The van der Waals surface area contributed by atoms with Crippen LogP contribution in [0.1, 0.15) is 29.7 Å². The highest BCUT2D eigenvalue weighted by molar-refractivity contribution is 7.09. The number of thiazole rings is 1. The summed E-state index contributed by atoms with van der Waals surface area (Å²) < 4.78 is 37.7. The maximum atomic E-state index is 12.6. The summed E-state index contributed by atoms with van der Waals surface area (Å²) in [7, 11) is 0. The van der Waals surface area contributed by atoms with E-state index in [2.05, 4.69) is 30.9 Å². The number of aromatic nitrogens is 2. The summed E-state index contributed by atoms with van der Waals surface area (Å²) in [6.07, 6.45) is -4.28. The molecule has 0 aliphatic carbocycles. The van der Waals surface area contributed by atoms with Crippen molar-refractivity contribution in [2.24, 2.45) is 4.99 Å².